The second-order valence-corrected chi connectivity index (χ2v) is 12.3. The van der Waals surface area contributed by atoms with Crippen LogP contribution in [0.5, 0.6) is 0 Å². The number of carbonyl (C=O) groups is 1. The van der Waals surface area contributed by atoms with Crippen molar-refractivity contribution in [3.05, 3.63) is 23.8 Å². The van der Waals surface area contributed by atoms with Crippen molar-refractivity contribution in [1.82, 2.24) is 35.4 Å². The number of hydrogen-bond donors (Lipinski definition) is 4. The zero-order valence-corrected chi connectivity index (χ0v) is 22.5. The summed E-state index contributed by atoms with van der Waals surface area (Å²) in [7, 11) is 0. The van der Waals surface area contributed by atoms with E-state index in [4.69, 9.17) is 5.73 Å². The van der Waals surface area contributed by atoms with Gasteiger partial charge in [-0.05, 0) is 70.1 Å². The Labute approximate surface area is 224 Å². The Morgan fingerprint density at radius 3 is 2.50 bits per heavy atom. The Morgan fingerprint density at radius 2 is 1.79 bits per heavy atom. The summed E-state index contributed by atoms with van der Waals surface area (Å²) in [4.78, 5) is 20.8. The van der Waals surface area contributed by atoms with Crippen molar-refractivity contribution in [3.8, 4) is 0 Å². The maximum Gasteiger partial charge on any atom is 0.259 e. The highest BCUT2D eigenvalue weighted by Gasteiger charge is 2.49. The lowest BCUT2D eigenvalue weighted by Crippen LogP contribution is -2.72. The summed E-state index contributed by atoms with van der Waals surface area (Å²) in [6.07, 6.45) is 16.6. The van der Waals surface area contributed by atoms with E-state index in [-0.39, 0.29) is 34.9 Å². The van der Waals surface area contributed by atoms with Crippen LogP contribution in [-0.2, 0) is 0 Å². The fourth-order valence-electron chi connectivity index (χ4n) is 7.86. The van der Waals surface area contributed by atoms with Crippen LogP contribution in [0.1, 0.15) is 87.4 Å². The largest absolute Gasteiger partial charge is 0.381 e. The van der Waals surface area contributed by atoms with Crippen molar-refractivity contribution in [2.24, 2.45) is 5.41 Å². The highest BCUT2D eigenvalue weighted by atomic mass is 19.1. The van der Waals surface area contributed by atoms with Gasteiger partial charge in [-0.25, -0.2) is 13.9 Å². The van der Waals surface area contributed by atoms with Gasteiger partial charge in [0.1, 0.15) is 5.56 Å². The van der Waals surface area contributed by atoms with Gasteiger partial charge < -0.3 is 21.7 Å². The molecule has 5 heterocycles. The normalized spacial score (nSPS) is 28.2. The summed E-state index contributed by atoms with van der Waals surface area (Å²) in [6, 6.07) is 0.216. The third-order valence-corrected chi connectivity index (χ3v) is 10.0. The van der Waals surface area contributed by atoms with Crippen LogP contribution in [0.25, 0.3) is 5.65 Å². The average Bonchev–Trinajstić information content (AvgIpc) is 3.52. The molecule has 2 unspecified atom stereocenters. The molecule has 4 fully saturated rings. The molecule has 9 nitrogen and oxygen atoms in total. The number of anilines is 1. The zero-order chi connectivity index (χ0) is 26.2. The number of carbonyl (C=O) groups excluding carboxylic acids is 1. The van der Waals surface area contributed by atoms with Gasteiger partial charge in [-0.3, -0.25) is 9.69 Å². The molecule has 1 saturated carbocycles. The van der Waals surface area contributed by atoms with Crippen molar-refractivity contribution in [1.29, 1.82) is 0 Å². The molecule has 38 heavy (non-hydrogen) atoms. The smallest absolute Gasteiger partial charge is 0.259 e. The molecule has 4 aliphatic rings. The van der Waals surface area contributed by atoms with Crippen molar-refractivity contribution >= 4 is 17.4 Å². The predicted octanol–water partition coefficient (Wildman–Crippen LogP) is 2.86. The van der Waals surface area contributed by atoms with E-state index in [1.807, 2.05) is 0 Å². The number of nitrogens with one attached hydrogen (secondary N) is 3. The number of nitrogens with two attached hydrogens (primary N) is 1. The van der Waals surface area contributed by atoms with Gasteiger partial charge in [0.25, 0.3) is 5.91 Å². The molecule has 6 rings (SSSR count). The van der Waals surface area contributed by atoms with E-state index < -0.39 is 5.82 Å². The number of aromatic nitrogens is 3. The number of likely N-dealkylation sites (tertiary alicyclic amines) is 1. The molecule has 2 aromatic rings. The highest BCUT2D eigenvalue weighted by molar-refractivity contribution is 6.04. The Morgan fingerprint density at radius 1 is 1.05 bits per heavy atom. The number of rotatable bonds is 3. The third-order valence-electron chi connectivity index (χ3n) is 10.0. The first-order chi connectivity index (χ1) is 18.5. The maximum absolute atomic E-state index is 13.9. The lowest BCUT2D eigenvalue weighted by molar-refractivity contribution is 0.0144. The van der Waals surface area contributed by atoms with Crippen LogP contribution in [0.3, 0.4) is 0 Å². The number of amides is 1. The molecule has 2 atom stereocenters. The number of halogens is 1. The average molecular weight is 527 g/mol. The summed E-state index contributed by atoms with van der Waals surface area (Å²) in [5.41, 5.74) is 7.03. The van der Waals surface area contributed by atoms with Crippen molar-refractivity contribution in [2.45, 2.75) is 94.7 Å². The van der Waals surface area contributed by atoms with Gasteiger partial charge in [-0.2, -0.15) is 0 Å². The van der Waals surface area contributed by atoms with Gasteiger partial charge >= 0.3 is 0 Å². The standard InChI is InChI=1S/C28H43FN8O/c29-20-17-32-25-22(24(30)35-37(25)18-20)26(38)34-23-21(36-15-11-27(12-16-36)10-14-31-19-27)7-13-33-28(23)8-5-3-1-2-4-6-9-28/h17-18,21,23,31,33H,1-16,19H2,(H2,30,35)(H,34,38). The van der Waals surface area contributed by atoms with E-state index in [1.165, 1.54) is 68.5 Å². The molecule has 3 aliphatic heterocycles. The molecule has 1 aliphatic carbocycles. The molecule has 1 amide bonds. The number of nitrogen functional groups attached to an aromatic ring is 1. The summed E-state index contributed by atoms with van der Waals surface area (Å²) >= 11 is 0. The lowest BCUT2D eigenvalue weighted by Gasteiger charge is -2.54. The van der Waals surface area contributed by atoms with Crippen molar-refractivity contribution in [3.63, 3.8) is 0 Å². The Kier molecular flexibility index (Phi) is 7.30. The first kappa shape index (κ1) is 26.0. The monoisotopic (exact) mass is 526 g/mol. The van der Waals surface area contributed by atoms with E-state index in [1.54, 1.807) is 0 Å². The molecular weight excluding hydrogens is 483 g/mol. The van der Waals surface area contributed by atoms with Gasteiger partial charge in [-0.1, -0.05) is 38.5 Å². The second kappa shape index (κ2) is 10.7. The molecule has 2 spiro atoms. The molecule has 2 aromatic heterocycles. The number of nitrogens with zero attached hydrogens (tertiary/aromatic N) is 4. The highest BCUT2D eigenvalue weighted by Crippen LogP contribution is 2.41. The topological polar surface area (TPSA) is 113 Å². The molecule has 0 bridgehead atoms. The van der Waals surface area contributed by atoms with Crippen LogP contribution in [0, 0.1) is 11.2 Å². The van der Waals surface area contributed by atoms with Crippen molar-refractivity contribution in [2.75, 3.05) is 38.5 Å². The van der Waals surface area contributed by atoms with Crippen LogP contribution in [0.15, 0.2) is 12.4 Å². The number of hydrogen-bond acceptors (Lipinski definition) is 7. The van der Waals surface area contributed by atoms with Crippen LogP contribution in [-0.4, -0.2) is 75.8 Å². The number of piperidine rings is 2. The fourth-order valence-corrected chi connectivity index (χ4v) is 7.86. The van der Waals surface area contributed by atoms with E-state index >= 15 is 0 Å². The van der Waals surface area contributed by atoms with Crippen LogP contribution in [0.2, 0.25) is 0 Å². The van der Waals surface area contributed by atoms with Gasteiger partial charge in [0, 0.05) is 18.1 Å². The van der Waals surface area contributed by atoms with Crippen LogP contribution in [0.4, 0.5) is 10.2 Å². The van der Waals surface area contributed by atoms with E-state index in [0.29, 0.717) is 11.1 Å². The first-order valence-corrected chi connectivity index (χ1v) is 14.8. The zero-order valence-electron chi connectivity index (χ0n) is 22.5. The van der Waals surface area contributed by atoms with E-state index in [0.717, 1.165) is 58.2 Å². The second-order valence-electron chi connectivity index (χ2n) is 12.3. The third kappa shape index (κ3) is 4.91. The number of fused-ring (bicyclic) bond motifs is 1. The van der Waals surface area contributed by atoms with Gasteiger partial charge in [-0.15, -0.1) is 5.10 Å². The molecular formula is C28H43FN8O. The SMILES string of the molecule is Nc1nn2cc(F)cnc2c1C(=O)NC1C(N2CCC3(CCNC3)CC2)CCNC12CCCCCCCC2. The predicted molar refractivity (Wildman–Crippen MR) is 145 cm³/mol. The quantitative estimate of drug-likeness (QED) is 0.487. The van der Waals surface area contributed by atoms with E-state index in [9.17, 15) is 9.18 Å². The molecule has 208 valence electrons. The summed E-state index contributed by atoms with van der Waals surface area (Å²) < 4.78 is 15.0. The minimum absolute atomic E-state index is 0.0487. The van der Waals surface area contributed by atoms with Crippen LogP contribution < -0.4 is 21.7 Å². The summed E-state index contributed by atoms with van der Waals surface area (Å²) in [6.45, 7) is 5.40. The maximum atomic E-state index is 13.9. The van der Waals surface area contributed by atoms with Gasteiger partial charge in [0.05, 0.1) is 18.4 Å². The van der Waals surface area contributed by atoms with Crippen molar-refractivity contribution < 1.29 is 9.18 Å². The summed E-state index contributed by atoms with van der Waals surface area (Å²) in [5, 5.41) is 15.2. The van der Waals surface area contributed by atoms with Crippen LogP contribution >= 0.6 is 0 Å². The minimum atomic E-state index is -0.520. The van der Waals surface area contributed by atoms with E-state index in [2.05, 4.69) is 30.9 Å². The molecule has 3 saturated heterocycles. The van der Waals surface area contributed by atoms with Gasteiger partial charge in [0.15, 0.2) is 17.3 Å². The molecule has 0 aromatic carbocycles. The fraction of sp³-hybridized carbons (Fsp3) is 0.750. The molecule has 0 radical (unpaired) electrons. The molecule has 10 heteroatoms. The Balaban J connectivity index is 1.31. The van der Waals surface area contributed by atoms with Gasteiger partial charge in [0.2, 0.25) is 0 Å². The lowest BCUT2D eigenvalue weighted by atomic mass is 9.72. The summed E-state index contributed by atoms with van der Waals surface area (Å²) in [5.74, 6) is -0.700. The minimum Gasteiger partial charge on any atom is -0.381 e. The Hall–Kier alpha value is -2.30. The first-order valence-electron chi connectivity index (χ1n) is 14.8. The Bertz CT molecular complexity index is 1130. The molecule has 5 N–H and O–H groups in total.